The van der Waals surface area contributed by atoms with Crippen LogP contribution in [-0.2, 0) is 65.4 Å². The van der Waals surface area contributed by atoms with Gasteiger partial charge in [-0.1, -0.05) is 342 Å². The molecule has 0 radical (unpaired) electrons. The Hall–Kier alpha value is -1.94. The fourth-order valence-electron chi connectivity index (χ4n) is 11.4. The van der Waals surface area contributed by atoms with E-state index in [-0.39, 0.29) is 25.7 Å². The summed E-state index contributed by atoms with van der Waals surface area (Å²) in [5.41, 5.74) is 0. The van der Waals surface area contributed by atoms with Crippen molar-refractivity contribution in [3.63, 3.8) is 0 Å². The second kappa shape index (κ2) is 68.6. The zero-order chi connectivity index (χ0) is 68.2. The molecule has 0 saturated carbocycles. The van der Waals surface area contributed by atoms with Crippen molar-refractivity contribution in [1.29, 1.82) is 0 Å². The van der Waals surface area contributed by atoms with E-state index in [4.69, 9.17) is 37.0 Å². The van der Waals surface area contributed by atoms with Crippen LogP contribution in [0.25, 0.3) is 0 Å². The molecule has 0 aromatic heterocycles. The normalized spacial score (nSPS) is 13.9. The van der Waals surface area contributed by atoms with E-state index < -0.39 is 97.5 Å². The Labute approximate surface area is 568 Å². The molecular formula is C74H144O17P2. The minimum Gasteiger partial charge on any atom is -0.462 e. The maximum absolute atomic E-state index is 13.1. The minimum atomic E-state index is -4.95. The van der Waals surface area contributed by atoms with Gasteiger partial charge in [0, 0.05) is 25.7 Å². The number of carbonyl (C=O) groups excluding carboxylic acids is 4. The summed E-state index contributed by atoms with van der Waals surface area (Å²) in [6.07, 6.45) is 58.3. The lowest BCUT2D eigenvalue weighted by Crippen LogP contribution is -2.30. The first kappa shape index (κ1) is 91.1. The number of hydrogen-bond donors (Lipinski definition) is 3. The number of unbranched alkanes of at least 4 members (excludes halogenated alkanes) is 49. The fourth-order valence-corrected chi connectivity index (χ4v) is 13.0. The summed E-state index contributed by atoms with van der Waals surface area (Å²) in [6, 6.07) is 0. The molecule has 93 heavy (non-hydrogen) atoms. The Morgan fingerprint density at radius 3 is 0.634 bits per heavy atom. The zero-order valence-corrected chi connectivity index (χ0v) is 62.0. The third-order valence-electron chi connectivity index (χ3n) is 17.4. The number of aliphatic hydroxyl groups excluding tert-OH is 1. The zero-order valence-electron chi connectivity index (χ0n) is 60.2. The van der Waals surface area contributed by atoms with Crippen LogP contribution in [0.3, 0.4) is 0 Å². The van der Waals surface area contributed by atoms with Gasteiger partial charge in [0.15, 0.2) is 12.2 Å². The average Bonchev–Trinajstić information content (AvgIpc) is 3.58. The topological polar surface area (TPSA) is 237 Å². The number of phosphoric ester groups is 2. The minimum absolute atomic E-state index is 0.108. The molecule has 0 aromatic carbocycles. The van der Waals surface area contributed by atoms with Crippen molar-refractivity contribution in [2.24, 2.45) is 0 Å². The SMILES string of the molecule is CCCCCCCCCCCCCCCCCCCCC(=O)O[C@H](COC(=O)CCCCCCCCCCCCCCCCC)COP(=O)(O)OC[C@@H](O)COP(=O)(O)OC[C@@H](COC(=O)CCCCCCCCC)OC(=O)CCCCCCCCCCCCCCC. The molecule has 0 aliphatic carbocycles. The molecule has 0 saturated heterocycles. The van der Waals surface area contributed by atoms with Crippen molar-refractivity contribution >= 4 is 39.5 Å². The van der Waals surface area contributed by atoms with Gasteiger partial charge in [-0.05, 0) is 25.7 Å². The lowest BCUT2D eigenvalue weighted by atomic mass is 10.0. The van der Waals surface area contributed by atoms with Gasteiger partial charge in [-0.2, -0.15) is 0 Å². The van der Waals surface area contributed by atoms with E-state index in [0.717, 1.165) is 103 Å². The standard InChI is InChI=1S/C74H144O17P2/c1-5-9-13-17-21-24-27-30-32-33-34-36-39-42-45-49-53-57-61-74(79)91-70(65-85-72(77)59-55-51-47-43-40-38-35-31-28-25-22-18-14-10-6-2)67-89-93(82,83)87-63-68(75)62-86-92(80,81)88-66-69(64-84-71(76)58-54-50-46-20-16-12-8-4)90-73(78)60-56-52-48-44-41-37-29-26-23-19-15-11-7-3/h68-70,75H,5-67H2,1-4H3,(H,80,81)(H,82,83)/t68-,69+,70+/m0/s1. The lowest BCUT2D eigenvalue weighted by Gasteiger charge is -2.21. The van der Waals surface area contributed by atoms with E-state index in [1.165, 1.54) is 212 Å². The molecule has 3 N–H and O–H groups in total. The van der Waals surface area contributed by atoms with Gasteiger partial charge < -0.3 is 33.8 Å². The third-order valence-corrected chi connectivity index (χ3v) is 19.3. The molecule has 0 aliphatic rings. The van der Waals surface area contributed by atoms with Crippen LogP contribution in [0, 0.1) is 0 Å². The largest absolute Gasteiger partial charge is 0.472 e. The van der Waals surface area contributed by atoms with Gasteiger partial charge in [0.1, 0.15) is 19.3 Å². The van der Waals surface area contributed by atoms with Gasteiger partial charge in [-0.3, -0.25) is 37.3 Å². The molecule has 0 bridgehead atoms. The molecule has 19 heteroatoms. The van der Waals surface area contributed by atoms with Gasteiger partial charge in [-0.25, -0.2) is 9.13 Å². The highest BCUT2D eigenvalue weighted by Crippen LogP contribution is 2.45. The van der Waals surface area contributed by atoms with Crippen molar-refractivity contribution in [3.8, 4) is 0 Å². The first-order chi connectivity index (χ1) is 45.2. The average molecular weight is 1370 g/mol. The van der Waals surface area contributed by atoms with Crippen molar-refractivity contribution in [2.75, 3.05) is 39.6 Å². The van der Waals surface area contributed by atoms with E-state index in [0.29, 0.717) is 25.7 Å². The summed E-state index contributed by atoms with van der Waals surface area (Å²) >= 11 is 0. The van der Waals surface area contributed by atoms with Crippen molar-refractivity contribution in [3.05, 3.63) is 0 Å². The van der Waals surface area contributed by atoms with Crippen LogP contribution in [0.4, 0.5) is 0 Å². The number of ether oxygens (including phenoxy) is 4. The maximum Gasteiger partial charge on any atom is 0.472 e. The Bertz CT molecular complexity index is 1770. The first-order valence-corrected chi connectivity index (χ1v) is 41.8. The quantitative estimate of drug-likeness (QED) is 0.0222. The Kier molecular flexibility index (Phi) is 67.1. The summed E-state index contributed by atoms with van der Waals surface area (Å²) in [4.78, 5) is 72.6. The van der Waals surface area contributed by atoms with Gasteiger partial charge in [0.05, 0.1) is 26.4 Å². The molecule has 0 amide bonds. The van der Waals surface area contributed by atoms with Gasteiger partial charge in [0.25, 0.3) is 0 Å². The lowest BCUT2D eigenvalue weighted by molar-refractivity contribution is -0.161. The molecule has 5 atom stereocenters. The highest BCUT2D eigenvalue weighted by atomic mass is 31.2. The Morgan fingerprint density at radius 1 is 0.258 bits per heavy atom. The van der Waals surface area contributed by atoms with E-state index in [1.807, 2.05) is 0 Å². The molecule has 0 rings (SSSR count). The van der Waals surface area contributed by atoms with Gasteiger partial charge in [-0.15, -0.1) is 0 Å². The number of aliphatic hydroxyl groups is 1. The number of carbonyl (C=O) groups is 4. The predicted molar refractivity (Wildman–Crippen MR) is 377 cm³/mol. The van der Waals surface area contributed by atoms with Gasteiger partial charge in [0.2, 0.25) is 0 Å². The van der Waals surface area contributed by atoms with Crippen LogP contribution >= 0.6 is 15.6 Å². The second-order valence-corrected chi connectivity index (χ2v) is 29.6. The van der Waals surface area contributed by atoms with E-state index in [1.54, 1.807) is 0 Å². The summed E-state index contributed by atoms with van der Waals surface area (Å²) < 4.78 is 68.4. The fraction of sp³-hybridized carbons (Fsp3) is 0.946. The van der Waals surface area contributed by atoms with Crippen molar-refractivity contribution < 1.29 is 80.2 Å². The number of esters is 4. The monoisotopic (exact) mass is 1370 g/mol. The Morgan fingerprint density at radius 2 is 0.430 bits per heavy atom. The second-order valence-electron chi connectivity index (χ2n) is 26.7. The van der Waals surface area contributed by atoms with Gasteiger partial charge >= 0.3 is 39.5 Å². The molecular weight excluding hydrogens is 1220 g/mol. The van der Waals surface area contributed by atoms with Crippen LogP contribution in [0.1, 0.15) is 394 Å². The molecule has 0 aromatic rings. The molecule has 0 fully saturated rings. The van der Waals surface area contributed by atoms with Crippen LogP contribution in [0.2, 0.25) is 0 Å². The van der Waals surface area contributed by atoms with Crippen molar-refractivity contribution in [1.82, 2.24) is 0 Å². The smallest absolute Gasteiger partial charge is 0.462 e. The number of phosphoric acid groups is 2. The molecule has 0 aliphatic heterocycles. The van der Waals surface area contributed by atoms with E-state index >= 15 is 0 Å². The molecule has 17 nitrogen and oxygen atoms in total. The molecule has 0 spiro atoms. The molecule has 552 valence electrons. The van der Waals surface area contributed by atoms with Crippen LogP contribution in [0.5, 0.6) is 0 Å². The molecule has 2 unspecified atom stereocenters. The summed E-state index contributed by atoms with van der Waals surface area (Å²) in [5.74, 6) is -2.12. The summed E-state index contributed by atoms with van der Waals surface area (Å²) in [6.45, 7) is 4.94. The first-order valence-electron chi connectivity index (χ1n) is 38.8. The third kappa shape index (κ3) is 68.4. The van der Waals surface area contributed by atoms with Crippen molar-refractivity contribution in [2.45, 2.75) is 412 Å². The van der Waals surface area contributed by atoms with E-state index in [2.05, 4.69) is 27.7 Å². The van der Waals surface area contributed by atoms with E-state index in [9.17, 15) is 43.2 Å². The summed E-state index contributed by atoms with van der Waals surface area (Å²) in [5, 5.41) is 10.6. The predicted octanol–water partition coefficient (Wildman–Crippen LogP) is 21.8. The summed E-state index contributed by atoms with van der Waals surface area (Å²) in [7, 11) is -9.90. The maximum atomic E-state index is 13.1. The van der Waals surface area contributed by atoms with Crippen LogP contribution in [-0.4, -0.2) is 96.7 Å². The highest BCUT2D eigenvalue weighted by Gasteiger charge is 2.30. The van der Waals surface area contributed by atoms with Crippen LogP contribution in [0.15, 0.2) is 0 Å². The Balaban J connectivity index is 5.19. The molecule has 0 heterocycles. The highest BCUT2D eigenvalue weighted by molar-refractivity contribution is 7.47. The number of hydrogen-bond acceptors (Lipinski definition) is 15. The number of rotatable bonds is 75. The van der Waals surface area contributed by atoms with Crippen LogP contribution < -0.4 is 0 Å².